The molecule has 16 nitrogen and oxygen atoms in total. The molecule has 1 aromatic heterocycles. The number of nitrogens with zero attached hydrogens (tertiary/aromatic N) is 2. The predicted molar refractivity (Wildman–Crippen MR) is 114 cm³/mol. The number of rotatable bonds is 12. The molecule has 0 spiro atoms. The fraction of sp³-hybridized carbons (Fsp3) is 0.579. The molecule has 16 heteroatoms. The zero-order valence-electron chi connectivity index (χ0n) is 18.4. The largest absolute Gasteiger partial charge is 0.480 e. The molecule has 2 rings (SSSR count). The summed E-state index contributed by atoms with van der Waals surface area (Å²) in [4.78, 5) is 61.0. The van der Waals surface area contributed by atoms with Crippen LogP contribution in [0.15, 0.2) is 17.1 Å². The number of esters is 1. The Labute approximate surface area is 197 Å². The van der Waals surface area contributed by atoms with Crippen molar-refractivity contribution in [2.75, 3.05) is 11.9 Å². The van der Waals surface area contributed by atoms with E-state index in [0.717, 1.165) is 10.8 Å². The van der Waals surface area contributed by atoms with Crippen LogP contribution >= 0.6 is 0 Å². The van der Waals surface area contributed by atoms with Crippen LogP contribution in [0.3, 0.4) is 0 Å². The van der Waals surface area contributed by atoms with Crippen LogP contribution in [0.5, 0.6) is 0 Å². The number of carbonyl (C=O) groups excluding carboxylic acids is 2. The van der Waals surface area contributed by atoms with Crippen molar-refractivity contribution in [1.82, 2.24) is 9.55 Å². The van der Waals surface area contributed by atoms with Crippen molar-refractivity contribution < 1.29 is 49.1 Å². The van der Waals surface area contributed by atoms with Crippen LogP contribution in [-0.2, 0) is 28.7 Å². The van der Waals surface area contributed by atoms with Gasteiger partial charge in [0, 0.05) is 19.0 Å². The van der Waals surface area contributed by atoms with Gasteiger partial charge in [-0.2, -0.15) is 4.98 Å². The van der Waals surface area contributed by atoms with Crippen LogP contribution in [-0.4, -0.2) is 90.8 Å². The van der Waals surface area contributed by atoms with Crippen molar-refractivity contribution in [2.45, 2.75) is 62.3 Å². The third kappa shape index (κ3) is 7.79. The fourth-order valence-electron chi connectivity index (χ4n) is 3.03. The van der Waals surface area contributed by atoms with E-state index in [1.54, 1.807) is 0 Å². The fourth-order valence-corrected chi connectivity index (χ4v) is 3.03. The van der Waals surface area contributed by atoms with E-state index in [9.17, 15) is 34.2 Å². The maximum absolute atomic E-state index is 12.4. The zero-order chi connectivity index (χ0) is 26.3. The van der Waals surface area contributed by atoms with Crippen LogP contribution in [0, 0.1) is 0 Å². The molecule has 1 aliphatic heterocycles. The van der Waals surface area contributed by atoms with Gasteiger partial charge in [-0.1, -0.05) is 0 Å². The lowest BCUT2D eigenvalue weighted by Gasteiger charge is -2.17. The summed E-state index contributed by atoms with van der Waals surface area (Å²) in [6, 6.07) is -1.24. The van der Waals surface area contributed by atoms with Crippen molar-refractivity contribution in [3.63, 3.8) is 0 Å². The Morgan fingerprint density at radius 3 is 2.26 bits per heavy atom. The number of carboxylic acid groups (broad SMARTS) is 2. The average molecular weight is 501 g/mol. The van der Waals surface area contributed by atoms with Gasteiger partial charge in [-0.25, -0.2) is 4.79 Å². The molecule has 194 valence electrons. The number of aromatic nitrogens is 2. The molecule has 0 bridgehead atoms. The molecule has 0 radical (unpaired) electrons. The van der Waals surface area contributed by atoms with E-state index in [1.165, 1.54) is 6.07 Å². The SMILES string of the molecule is N[C@@H](CCC(=O)Nc1ccn([C@@H]2O[C@H](COC(=O)CC[C@H](N)C(=O)O)C(O)C2O)c(=O)n1)C(=O)O. The van der Waals surface area contributed by atoms with Gasteiger partial charge in [0.1, 0.15) is 42.8 Å². The lowest BCUT2D eigenvalue weighted by Crippen LogP contribution is -2.36. The van der Waals surface area contributed by atoms with Gasteiger partial charge in [0.15, 0.2) is 6.23 Å². The molecule has 1 fully saturated rings. The van der Waals surface area contributed by atoms with E-state index < -0.39 is 72.7 Å². The third-order valence-electron chi connectivity index (χ3n) is 5.09. The van der Waals surface area contributed by atoms with Gasteiger partial charge < -0.3 is 46.7 Å². The normalized spacial score (nSPS) is 23.3. The number of aliphatic hydroxyl groups is 2. The van der Waals surface area contributed by atoms with Gasteiger partial charge in [0.25, 0.3) is 0 Å². The monoisotopic (exact) mass is 501 g/mol. The zero-order valence-corrected chi connectivity index (χ0v) is 18.4. The first-order valence-electron chi connectivity index (χ1n) is 10.4. The molecule has 2 unspecified atom stereocenters. The molecule has 6 atom stereocenters. The molecule has 0 saturated carbocycles. The van der Waals surface area contributed by atoms with E-state index in [-0.39, 0.29) is 31.5 Å². The summed E-state index contributed by atoms with van der Waals surface area (Å²) in [6.45, 7) is -0.481. The standard InChI is InChI=1S/C19H27N5O11/c20-8(17(29)30)1-3-12(25)22-11-5-6-24(19(33)23-11)16-15(28)14(27)10(35-16)7-34-13(26)4-2-9(21)18(31)32/h5-6,8-10,14-16,27-28H,1-4,7,20-21H2,(H,29,30)(H,31,32)(H,22,23,25,33)/t8-,9-,10+,14?,15?,16+/m0/s1. The van der Waals surface area contributed by atoms with Crippen molar-refractivity contribution in [1.29, 1.82) is 0 Å². The Morgan fingerprint density at radius 1 is 1.09 bits per heavy atom. The van der Waals surface area contributed by atoms with Crippen LogP contribution in [0.1, 0.15) is 31.9 Å². The molecule has 35 heavy (non-hydrogen) atoms. The summed E-state index contributed by atoms with van der Waals surface area (Å²) in [5.74, 6) is -4.08. The Bertz CT molecular complexity index is 1000. The Morgan fingerprint density at radius 2 is 1.69 bits per heavy atom. The smallest absolute Gasteiger partial charge is 0.351 e. The molecule has 1 amide bonds. The number of nitrogens with two attached hydrogens (primary N) is 2. The number of hydrogen-bond acceptors (Lipinski definition) is 12. The van der Waals surface area contributed by atoms with Crippen LogP contribution < -0.4 is 22.5 Å². The van der Waals surface area contributed by atoms with E-state index in [1.807, 2.05) is 0 Å². The van der Waals surface area contributed by atoms with Gasteiger partial charge in [-0.15, -0.1) is 0 Å². The summed E-state index contributed by atoms with van der Waals surface area (Å²) in [6.07, 6.45) is -5.35. The molecule has 1 saturated heterocycles. The highest BCUT2D eigenvalue weighted by Crippen LogP contribution is 2.28. The van der Waals surface area contributed by atoms with Crippen molar-refractivity contribution in [2.24, 2.45) is 11.5 Å². The Hall–Kier alpha value is -3.44. The van der Waals surface area contributed by atoms with Crippen molar-refractivity contribution in [3.05, 3.63) is 22.7 Å². The Balaban J connectivity index is 1.93. The molecule has 0 aromatic carbocycles. The number of anilines is 1. The number of amides is 1. The minimum atomic E-state index is -1.59. The van der Waals surface area contributed by atoms with E-state index in [0.29, 0.717) is 0 Å². The van der Waals surface area contributed by atoms with Crippen LogP contribution in [0.2, 0.25) is 0 Å². The van der Waals surface area contributed by atoms with Gasteiger partial charge in [-0.3, -0.25) is 23.7 Å². The first-order chi connectivity index (χ1) is 16.4. The summed E-state index contributed by atoms with van der Waals surface area (Å²) < 4.78 is 11.2. The molecular weight excluding hydrogens is 474 g/mol. The van der Waals surface area contributed by atoms with Crippen LogP contribution in [0.4, 0.5) is 5.82 Å². The summed E-state index contributed by atoms with van der Waals surface area (Å²) in [5, 5.41) is 40.2. The average Bonchev–Trinajstić information content (AvgIpc) is 3.07. The van der Waals surface area contributed by atoms with E-state index in [4.69, 9.17) is 31.2 Å². The van der Waals surface area contributed by atoms with Gasteiger partial charge >= 0.3 is 23.6 Å². The van der Waals surface area contributed by atoms with Gasteiger partial charge in [-0.05, 0) is 18.9 Å². The number of carbonyl (C=O) groups is 4. The number of carboxylic acids is 2. The number of nitrogens with one attached hydrogen (secondary N) is 1. The summed E-state index contributed by atoms with van der Waals surface area (Å²) in [7, 11) is 0. The summed E-state index contributed by atoms with van der Waals surface area (Å²) >= 11 is 0. The quantitative estimate of drug-likeness (QED) is 0.138. The Kier molecular flexibility index (Phi) is 9.78. The van der Waals surface area contributed by atoms with Gasteiger partial charge in [0.2, 0.25) is 5.91 Å². The second kappa shape index (κ2) is 12.3. The van der Waals surface area contributed by atoms with Crippen molar-refractivity contribution in [3.8, 4) is 0 Å². The molecule has 1 aliphatic rings. The highest BCUT2D eigenvalue weighted by atomic mass is 16.6. The van der Waals surface area contributed by atoms with E-state index >= 15 is 0 Å². The number of ether oxygens (including phenoxy) is 2. The number of aliphatic hydroxyl groups excluding tert-OH is 2. The second-order valence-corrected chi connectivity index (χ2v) is 7.75. The first-order valence-corrected chi connectivity index (χ1v) is 10.4. The maximum atomic E-state index is 12.4. The molecule has 9 N–H and O–H groups in total. The van der Waals surface area contributed by atoms with E-state index in [2.05, 4.69) is 10.3 Å². The van der Waals surface area contributed by atoms with Crippen LogP contribution in [0.25, 0.3) is 0 Å². The lowest BCUT2D eigenvalue weighted by molar-refractivity contribution is -0.150. The summed E-state index contributed by atoms with van der Waals surface area (Å²) in [5.41, 5.74) is 9.68. The minimum absolute atomic E-state index is 0.128. The molecular formula is C19H27N5O11. The second-order valence-electron chi connectivity index (χ2n) is 7.75. The minimum Gasteiger partial charge on any atom is -0.480 e. The van der Waals surface area contributed by atoms with Crippen molar-refractivity contribution >= 4 is 29.6 Å². The highest BCUT2D eigenvalue weighted by Gasteiger charge is 2.44. The highest BCUT2D eigenvalue weighted by molar-refractivity contribution is 5.90. The molecule has 0 aliphatic carbocycles. The number of aliphatic carboxylic acids is 2. The lowest BCUT2D eigenvalue weighted by atomic mass is 10.1. The maximum Gasteiger partial charge on any atom is 0.351 e. The van der Waals surface area contributed by atoms with Gasteiger partial charge in [0.05, 0.1) is 0 Å². The topological polar surface area (TPSA) is 267 Å². The third-order valence-corrected chi connectivity index (χ3v) is 5.09. The number of hydrogen-bond donors (Lipinski definition) is 7. The molecule has 2 heterocycles. The predicted octanol–water partition coefficient (Wildman–Crippen LogP) is -3.27. The first kappa shape index (κ1) is 27.8. The molecule has 1 aromatic rings.